The Labute approximate surface area is 140 Å². The van der Waals surface area contributed by atoms with E-state index in [0.29, 0.717) is 11.3 Å². The Kier molecular flexibility index (Phi) is 5.28. The van der Waals surface area contributed by atoms with Gasteiger partial charge in [-0.05, 0) is 39.0 Å². The number of carbonyl (C=O) groups is 2. The number of aromatic nitrogens is 1. The highest BCUT2D eigenvalue weighted by Crippen LogP contribution is 2.29. The van der Waals surface area contributed by atoms with Crippen LogP contribution in [-0.4, -0.2) is 35.2 Å². The molecule has 2 N–H and O–H groups in total. The number of aryl methyl sites for hydroxylation is 1. The fraction of sp³-hybridized carbons (Fsp3) is 0.333. The van der Waals surface area contributed by atoms with Crippen molar-refractivity contribution < 1.29 is 19.4 Å². The number of carbonyl (C=O) groups excluding carboxylic acids is 1. The molecular weight excluding hydrogens is 308 g/mol. The average molecular weight is 330 g/mol. The van der Waals surface area contributed by atoms with Crippen LogP contribution >= 0.6 is 0 Å². The summed E-state index contributed by atoms with van der Waals surface area (Å²) in [5.41, 5.74) is 2.63. The zero-order chi connectivity index (χ0) is 17.9. The number of carboxylic acids is 1. The van der Waals surface area contributed by atoms with Gasteiger partial charge in [-0.3, -0.25) is 4.79 Å². The molecule has 0 unspecified atom stereocenters. The van der Waals surface area contributed by atoms with Gasteiger partial charge in [0.1, 0.15) is 5.75 Å². The standard InChI is InChI=1S/C18H22N2O4/c1-5-20-12(3)16(14-10-13(24-4)6-7-15(14)20)17(21)19-9-8-11(2)18(22)23/h6-8,10H,5,9H2,1-4H3,(H,19,21)(H,22,23). The first-order valence-corrected chi connectivity index (χ1v) is 7.75. The number of fused-ring (bicyclic) bond motifs is 1. The van der Waals surface area contributed by atoms with Crippen molar-refractivity contribution in [2.75, 3.05) is 13.7 Å². The quantitative estimate of drug-likeness (QED) is 0.798. The molecule has 1 heterocycles. The zero-order valence-electron chi connectivity index (χ0n) is 14.3. The molecule has 0 spiro atoms. The van der Waals surface area contributed by atoms with E-state index >= 15 is 0 Å². The van der Waals surface area contributed by atoms with Crippen molar-refractivity contribution in [1.29, 1.82) is 0 Å². The van der Waals surface area contributed by atoms with E-state index in [-0.39, 0.29) is 18.0 Å². The fourth-order valence-corrected chi connectivity index (χ4v) is 2.75. The van der Waals surface area contributed by atoms with Crippen molar-refractivity contribution in [1.82, 2.24) is 9.88 Å². The molecule has 0 aliphatic carbocycles. The Morgan fingerprint density at radius 2 is 2.08 bits per heavy atom. The summed E-state index contributed by atoms with van der Waals surface area (Å²) in [6.07, 6.45) is 1.48. The lowest BCUT2D eigenvalue weighted by atomic mass is 10.1. The van der Waals surface area contributed by atoms with Crippen LogP contribution in [0.15, 0.2) is 29.8 Å². The van der Waals surface area contributed by atoms with Gasteiger partial charge in [-0.1, -0.05) is 6.08 Å². The molecule has 24 heavy (non-hydrogen) atoms. The van der Waals surface area contributed by atoms with Crippen molar-refractivity contribution >= 4 is 22.8 Å². The van der Waals surface area contributed by atoms with Crippen molar-refractivity contribution in [3.63, 3.8) is 0 Å². The smallest absolute Gasteiger partial charge is 0.331 e. The summed E-state index contributed by atoms with van der Waals surface area (Å²) in [7, 11) is 1.59. The van der Waals surface area contributed by atoms with Gasteiger partial charge in [0.25, 0.3) is 5.91 Å². The summed E-state index contributed by atoms with van der Waals surface area (Å²) in [5.74, 6) is -0.536. The van der Waals surface area contributed by atoms with Gasteiger partial charge in [0.05, 0.1) is 12.7 Å². The monoisotopic (exact) mass is 330 g/mol. The lowest BCUT2D eigenvalue weighted by Gasteiger charge is -2.05. The average Bonchev–Trinajstić information content (AvgIpc) is 2.84. The molecule has 1 aromatic carbocycles. The molecule has 6 heteroatoms. The van der Waals surface area contributed by atoms with Crippen LogP contribution in [0.2, 0.25) is 0 Å². The Balaban J connectivity index is 2.39. The van der Waals surface area contributed by atoms with E-state index in [2.05, 4.69) is 9.88 Å². The number of rotatable bonds is 6. The number of methoxy groups -OCH3 is 1. The number of benzene rings is 1. The molecule has 0 saturated carbocycles. The molecule has 128 valence electrons. The van der Waals surface area contributed by atoms with E-state index in [1.807, 2.05) is 32.0 Å². The second kappa shape index (κ2) is 7.21. The molecule has 2 rings (SSSR count). The topological polar surface area (TPSA) is 80.6 Å². The summed E-state index contributed by atoms with van der Waals surface area (Å²) in [6, 6.07) is 5.66. The number of nitrogens with zero attached hydrogens (tertiary/aromatic N) is 1. The Bertz CT molecular complexity index is 818. The van der Waals surface area contributed by atoms with Crippen molar-refractivity contribution in [2.24, 2.45) is 0 Å². The molecule has 1 amide bonds. The van der Waals surface area contributed by atoms with E-state index in [4.69, 9.17) is 9.84 Å². The number of aliphatic carboxylic acids is 1. The van der Waals surface area contributed by atoms with Gasteiger partial charge in [-0.2, -0.15) is 0 Å². The third kappa shape index (κ3) is 3.27. The van der Waals surface area contributed by atoms with E-state index in [1.54, 1.807) is 7.11 Å². The summed E-state index contributed by atoms with van der Waals surface area (Å²) >= 11 is 0. The number of hydrogen-bond acceptors (Lipinski definition) is 3. The highest BCUT2D eigenvalue weighted by atomic mass is 16.5. The molecule has 0 aliphatic rings. The molecule has 6 nitrogen and oxygen atoms in total. The molecule has 0 fully saturated rings. The summed E-state index contributed by atoms with van der Waals surface area (Å²) in [5, 5.41) is 12.4. The van der Waals surface area contributed by atoms with E-state index in [1.165, 1.54) is 13.0 Å². The molecule has 0 aliphatic heterocycles. The molecule has 2 aromatic rings. The largest absolute Gasteiger partial charge is 0.497 e. The van der Waals surface area contributed by atoms with Crippen molar-refractivity contribution in [3.8, 4) is 5.75 Å². The third-order valence-electron chi connectivity index (χ3n) is 4.08. The van der Waals surface area contributed by atoms with Crippen LogP contribution in [0.1, 0.15) is 29.9 Å². The minimum absolute atomic E-state index is 0.166. The Morgan fingerprint density at radius 1 is 1.38 bits per heavy atom. The molecule has 1 aromatic heterocycles. The Hall–Kier alpha value is -2.76. The predicted octanol–water partition coefficient (Wildman–Crippen LogP) is 2.74. The minimum atomic E-state index is -0.993. The van der Waals surface area contributed by atoms with Crippen molar-refractivity contribution in [3.05, 3.63) is 41.1 Å². The molecule has 0 atom stereocenters. The number of nitrogens with one attached hydrogen (secondary N) is 1. The zero-order valence-corrected chi connectivity index (χ0v) is 14.3. The second-order valence-electron chi connectivity index (χ2n) is 5.49. The van der Waals surface area contributed by atoms with Crippen molar-refractivity contribution in [2.45, 2.75) is 27.3 Å². The van der Waals surface area contributed by atoms with Crippen LogP contribution in [0, 0.1) is 6.92 Å². The third-order valence-corrected chi connectivity index (χ3v) is 4.08. The SMILES string of the molecule is CCn1c(C)c(C(=O)NCC=C(C)C(=O)O)c2cc(OC)ccc21. The first-order valence-electron chi connectivity index (χ1n) is 7.75. The van der Waals surface area contributed by atoms with Crippen LogP contribution in [0.5, 0.6) is 5.75 Å². The molecule has 0 bridgehead atoms. The fourth-order valence-electron chi connectivity index (χ4n) is 2.75. The highest BCUT2D eigenvalue weighted by molar-refractivity contribution is 6.08. The van der Waals surface area contributed by atoms with Crippen LogP contribution < -0.4 is 10.1 Å². The van der Waals surface area contributed by atoms with Gasteiger partial charge in [0, 0.05) is 35.3 Å². The Morgan fingerprint density at radius 3 is 2.67 bits per heavy atom. The van der Waals surface area contributed by atoms with Crippen LogP contribution in [0.25, 0.3) is 10.9 Å². The normalized spacial score (nSPS) is 11.6. The first-order chi connectivity index (χ1) is 11.4. The maximum absolute atomic E-state index is 12.6. The highest BCUT2D eigenvalue weighted by Gasteiger charge is 2.19. The van der Waals surface area contributed by atoms with E-state index in [0.717, 1.165) is 23.1 Å². The van der Waals surface area contributed by atoms with Gasteiger partial charge in [0.2, 0.25) is 0 Å². The van der Waals surface area contributed by atoms with E-state index < -0.39 is 5.97 Å². The second-order valence-corrected chi connectivity index (χ2v) is 5.49. The summed E-state index contributed by atoms with van der Waals surface area (Å²) < 4.78 is 7.33. The maximum Gasteiger partial charge on any atom is 0.331 e. The number of carboxylic acid groups (broad SMARTS) is 1. The van der Waals surface area contributed by atoms with Crippen LogP contribution in [0.3, 0.4) is 0 Å². The number of hydrogen-bond donors (Lipinski definition) is 2. The minimum Gasteiger partial charge on any atom is -0.497 e. The van der Waals surface area contributed by atoms with Gasteiger partial charge >= 0.3 is 5.97 Å². The molecular formula is C18H22N2O4. The summed E-state index contributed by atoms with van der Waals surface area (Å²) in [6.45, 7) is 6.34. The number of amides is 1. The maximum atomic E-state index is 12.6. The van der Waals surface area contributed by atoms with Crippen LogP contribution in [-0.2, 0) is 11.3 Å². The summed E-state index contributed by atoms with van der Waals surface area (Å²) in [4.78, 5) is 23.4. The van der Waals surface area contributed by atoms with Crippen LogP contribution in [0.4, 0.5) is 0 Å². The predicted molar refractivity (Wildman–Crippen MR) is 92.6 cm³/mol. The number of ether oxygens (including phenoxy) is 1. The molecule has 0 radical (unpaired) electrons. The first kappa shape index (κ1) is 17.6. The van der Waals surface area contributed by atoms with Gasteiger partial charge in [-0.15, -0.1) is 0 Å². The van der Waals surface area contributed by atoms with E-state index in [9.17, 15) is 9.59 Å². The van der Waals surface area contributed by atoms with Gasteiger partial charge < -0.3 is 19.7 Å². The van der Waals surface area contributed by atoms with Gasteiger partial charge in [0.15, 0.2) is 0 Å². The lowest BCUT2D eigenvalue weighted by molar-refractivity contribution is -0.132. The molecule has 0 saturated heterocycles. The van der Waals surface area contributed by atoms with Gasteiger partial charge in [-0.25, -0.2) is 4.79 Å². The lowest BCUT2D eigenvalue weighted by Crippen LogP contribution is -2.24.